The molecule has 0 amide bonds. The number of nitrogens with two attached hydrogens (primary N) is 1. The van der Waals surface area contributed by atoms with Gasteiger partial charge in [0.2, 0.25) is 0 Å². The first-order chi connectivity index (χ1) is 7.19. The Morgan fingerprint density at radius 2 is 2.20 bits per heavy atom. The average molecular weight is 215 g/mol. The van der Waals surface area contributed by atoms with Crippen LogP contribution in [0.4, 0.5) is 5.69 Å². The van der Waals surface area contributed by atoms with Crippen LogP contribution in [0.25, 0.3) is 0 Å². The van der Waals surface area contributed by atoms with Gasteiger partial charge in [0.1, 0.15) is 0 Å². The molecule has 2 atom stereocenters. The molecule has 0 radical (unpaired) electrons. The lowest BCUT2D eigenvalue weighted by molar-refractivity contribution is 0.702. The zero-order valence-electron chi connectivity index (χ0n) is 8.60. The fourth-order valence-electron chi connectivity index (χ4n) is 2.36. The predicted octanol–water partition coefficient (Wildman–Crippen LogP) is 3.34. The fraction of sp³-hybridized carbons (Fsp3) is 0.231. The van der Waals surface area contributed by atoms with E-state index in [9.17, 15) is 0 Å². The number of hydrogen-bond donors (Lipinski definition) is 1. The molecule has 2 heteroatoms. The minimum absolute atomic E-state index is 0.185. The average Bonchev–Trinajstić information content (AvgIpc) is 2.48. The Kier molecular flexibility index (Phi) is 1.77. The van der Waals surface area contributed by atoms with Gasteiger partial charge in [0, 0.05) is 21.2 Å². The molecule has 76 valence electrons. The number of hydrogen-bond acceptors (Lipinski definition) is 2. The molecular formula is C13H13NS. The molecule has 0 spiro atoms. The largest absolute Gasteiger partial charge is 0.399 e. The lowest BCUT2D eigenvalue weighted by Gasteiger charge is -2.27. The lowest BCUT2D eigenvalue weighted by atomic mass is 9.84. The molecule has 2 aliphatic rings. The van der Waals surface area contributed by atoms with Crippen LogP contribution < -0.4 is 5.73 Å². The van der Waals surface area contributed by atoms with Crippen LogP contribution in [0.1, 0.15) is 18.4 Å². The number of fused-ring (bicyclic) bond motifs is 3. The van der Waals surface area contributed by atoms with E-state index in [0.717, 1.165) is 5.69 Å². The topological polar surface area (TPSA) is 26.0 Å². The van der Waals surface area contributed by atoms with Gasteiger partial charge in [-0.05, 0) is 24.6 Å². The van der Waals surface area contributed by atoms with Gasteiger partial charge in [-0.2, -0.15) is 0 Å². The molecule has 0 fully saturated rings. The highest BCUT2D eigenvalue weighted by molar-refractivity contribution is 8.01. The summed E-state index contributed by atoms with van der Waals surface area (Å²) in [5.74, 6) is 0.503. The van der Waals surface area contributed by atoms with Crippen molar-refractivity contribution in [1.29, 1.82) is 0 Å². The lowest BCUT2D eigenvalue weighted by Crippen LogP contribution is -2.22. The van der Waals surface area contributed by atoms with Gasteiger partial charge in [0.25, 0.3) is 0 Å². The molecule has 1 heterocycles. The van der Waals surface area contributed by atoms with E-state index in [4.69, 9.17) is 5.73 Å². The van der Waals surface area contributed by atoms with Crippen LogP contribution in [0.15, 0.2) is 47.4 Å². The summed E-state index contributed by atoms with van der Waals surface area (Å²) in [7, 11) is 0. The molecule has 15 heavy (non-hydrogen) atoms. The molecule has 2 unspecified atom stereocenters. The van der Waals surface area contributed by atoms with Gasteiger partial charge in [-0.1, -0.05) is 30.4 Å². The number of nitrogen functional groups attached to an aromatic ring is 1. The third-order valence-electron chi connectivity index (χ3n) is 3.16. The molecule has 0 saturated carbocycles. The Bertz CT molecular complexity index is 475. The minimum Gasteiger partial charge on any atom is -0.399 e. The zero-order valence-corrected chi connectivity index (χ0v) is 9.42. The normalized spacial score (nSPS) is 31.4. The highest BCUT2D eigenvalue weighted by Crippen LogP contribution is 2.55. The van der Waals surface area contributed by atoms with E-state index < -0.39 is 0 Å². The minimum atomic E-state index is 0.185. The first-order valence-electron chi connectivity index (χ1n) is 5.13. The number of anilines is 1. The van der Waals surface area contributed by atoms with Crippen LogP contribution in [0.5, 0.6) is 0 Å². The second-order valence-corrected chi connectivity index (χ2v) is 5.83. The second kappa shape index (κ2) is 2.92. The Labute approximate surface area is 94.1 Å². The molecular weight excluding hydrogens is 202 g/mol. The van der Waals surface area contributed by atoms with E-state index >= 15 is 0 Å². The Morgan fingerprint density at radius 1 is 1.33 bits per heavy atom. The van der Waals surface area contributed by atoms with Gasteiger partial charge in [-0.25, -0.2) is 0 Å². The number of rotatable bonds is 0. The summed E-state index contributed by atoms with van der Waals surface area (Å²) in [6.45, 7) is 2.29. The molecule has 0 bridgehead atoms. The van der Waals surface area contributed by atoms with E-state index in [2.05, 4.69) is 43.4 Å². The van der Waals surface area contributed by atoms with Crippen molar-refractivity contribution in [3.63, 3.8) is 0 Å². The SMILES string of the molecule is CC12C=CC=CC1c1ccc(N)cc1S2. The number of allylic oxidation sites excluding steroid dienone is 3. The Balaban J connectivity index is 2.16. The molecule has 1 nitrogen and oxygen atoms in total. The second-order valence-electron chi connectivity index (χ2n) is 4.30. The Hall–Kier alpha value is -1.15. The van der Waals surface area contributed by atoms with Crippen LogP contribution in [0.2, 0.25) is 0 Å². The maximum Gasteiger partial charge on any atom is 0.0464 e. The van der Waals surface area contributed by atoms with Gasteiger partial charge in [-0.15, -0.1) is 11.8 Å². The third kappa shape index (κ3) is 1.25. The van der Waals surface area contributed by atoms with Crippen molar-refractivity contribution in [3.8, 4) is 0 Å². The molecule has 1 aromatic rings. The van der Waals surface area contributed by atoms with Crippen LogP contribution in [0, 0.1) is 0 Å². The summed E-state index contributed by atoms with van der Waals surface area (Å²) in [6, 6.07) is 6.25. The summed E-state index contributed by atoms with van der Waals surface area (Å²) in [4.78, 5) is 1.33. The number of thioether (sulfide) groups is 1. The standard InChI is InChI=1S/C13H13NS/c1-13-7-3-2-4-11(13)10-6-5-9(14)8-12(10)15-13/h2-8,11H,14H2,1H3. The summed E-state index contributed by atoms with van der Waals surface area (Å²) in [6.07, 6.45) is 8.85. The Morgan fingerprint density at radius 3 is 3.07 bits per heavy atom. The maximum absolute atomic E-state index is 5.81. The van der Waals surface area contributed by atoms with Crippen molar-refractivity contribution in [3.05, 3.63) is 48.1 Å². The highest BCUT2D eigenvalue weighted by Gasteiger charge is 2.40. The monoisotopic (exact) mass is 215 g/mol. The molecule has 3 rings (SSSR count). The van der Waals surface area contributed by atoms with Gasteiger partial charge < -0.3 is 5.73 Å². The van der Waals surface area contributed by atoms with E-state index in [1.54, 1.807) is 0 Å². The molecule has 0 saturated heterocycles. The first-order valence-corrected chi connectivity index (χ1v) is 5.95. The summed E-state index contributed by atoms with van der Waals surface area (Å²) < 4.78 is 0.185. The smallest absolute Gasteiger partial charge is 0.0464 e. The first kappa shape index (κ1) is 9.10. The van der Waals surface area contributed by atoms with Gasteiger partial charge >= 0.3 is 0 Å². The summed E-state index contributed by atoms with van der Waals surface area (Å²) in [5, 5.41) is 0. The van der Waals surface area contributed by atoms with Gasteiger partial charge in [-0.3, -0.25) is 0 Å². The van der Waals surface area contributed by atoms with Crippen molar-refractivity contribution in [1.82, 2.24) is 0 Å². The van der Waals surface area contributed by atoms with Gasteiger partial charge in [0.05, 0.1) is 0 Å². The van der Waals surface area contributed by atoms with Crippen molar-refractivity contribution >= 4 is 17.4 Å². The van der Waals surface area contributed by atoms with Crippen LogP contribution >= 0.6 is 11.8 Å². The van der Waals surface area contributed by atoms with Crippen LogP contribution in [-0.4, -0.2) is 4.75 Å². The fourth-order valence-corrected chi connectivity index (χ4v) is 3.82. The summed E-state index contributed by atoms with van der Waals surface area (Å²) >= 11 is 1.92. The molecule has 0 aromatic heterocycles. The molecule has 1 aliphatic heterocycles. The third-order valence-corrected chi connectivity index (χ3v) is 4.57. The van der Waals surface area contributed by atoms with Gasteiger partial charge in [0.15, 0.2) is 0 Å². The predicted molar refractivity (Wildman–Crippen MR) is 66.1 cm³/mol. The van der Waals surface area contributed by atoms with Crippen LogP contribution in [0.3, 0.4) is 0 Å². The van der Waals surface area contributed by atoms with Crippen LogP contribution in [-0.2, 0) is 0 Å². The van der Waals surface area contributed by atoms with E-state index in [-0.39, 0.29) is 4.75 Å². The molecule has 1 aromatic carbocycles. The molecule has 1 aliphatic carbocycles. The maximum atomic E-state index is 5.81. The van der Waals surface area contributed by atoms with Crippen molar-refractivity contribution in [2.45, 2.75) is 22.5 Å². The summed E-state index contributed by atoms with van der Waals surface area (Å²) in [5.41, 5.74) is 8.09. The van der Waals surface area contributed by atoms with Crippen molar-refractivity contribution in [2.24, 2.45) is 0 Å². The van der Waals surface area contributed by atoms with E-state index in [0.29, 0.717) is 5.92 Å². The van der Waals surface area contributed by atoms with E-state index in [1.807, 2.05) is 17.8 Å². The van der Waals surface area contributed by atoms with E-state index in [1.165, 1.54) is 10.5 Å². The van der Waals surface area contributed by atoms with Crippen molar-refractivity contribution < 1.29 is 0 Å². The number of benzene rings is 1. The highest BCUT2D eigenvalue weighted by atomic mass is 32.2. The quantitative estimate of drug-likeness (QED) is 0.672. The zero-order chi connectivity index (χ0) is 10.5. The molecule has 2 N–H and O–H groups in total. The van der Waals surface area contributed by atoms with Crippen molar-refractivity contribution in [2.75, 3.05) is 5.73 Å².